The van der Waals surface area contributed by atoms with Crippen molar-refractivity contribution in [2.75, 3.05) is 5.32 Å². The molecular weight excluding hydrogens is 252 g/mol. The summed E-state index contributed by atoms with van der Waals surface area (Å²) in [5.41, 5.74) is 1.99. The quantitative estimate of drug-likeness (QED) is 0.745. The van der Waals surface area contributed by atoms with Crippen LogP contribution in [0.2, 0.25) is 0 Å². The van der Waals surface area contributed by atoms with E-state index >= 15 is 0 Å². The van der Waals surface area contributed by atoms with Crippen LogP contribution in [0, 0.1) is 11.3 Å². The molecule has 0 saturated carbocycles. The molecule has 0 aliphatic carbocycles. The maximum absolute atomic E-state index is 12.2. The molecule has 0 fully saturated rings. The number of pyridine rings is 1. The smallest absolute Gasteiger partial charge is 0.272 e. The average molecular weight is 262 g/mol. The summed E-state index contributed by atoms with van der Waals surface area (Å²) in [6.45, 7) is 0. The SMILES string of the molecule is N#Cc1ccccc1NC(=O)c1cc2cccnc2[nH]1. The third-order valence-electron chi connectivity index (χ3n) is 2.93. The van der Waals surface area contributed by atoms with Gasteiger partial charge in [0.2, 0.25) is 0 Å². The number of amides is 1. The largest absolute Gasteiger partial charge is 0.335 e. The van der Waals surface area contributed by atoms with Gasteiger partial charge in [-0.3, -0.25) is 4.79 Å². The van der Waals surface area contributed by atoms with Crippen molar-refractivity contribution < 1.29 is 4.79 Å². The lowest BCUT2D eigenvalue weighted by Gasteiger charge is -2.04. The van der Waals surface area contributed by atoms with Crippen LogP contribution in [-0.2, 0) is 0 Å². The number of aromatic amines is 1. The molecule has 0 aliphatic rings. The predicted molar refractivity (Wildman–Crippen MR) is 75.2 cm³/mol. The van der Waals surface area contributed by atoms with Gasteiger partial charge in [-0.25, -0.2) is 4.98 Å². The van der Waals surface area contributed by atoms with Gasteiger partial charge in [0, 0.05) is 11.6 Å². The first kappa shape index (κ1) is 11.9. The van der Waals surface area contributed by atoms with E-state index in [1.54, 1.807) is 36.5 Å². The number of aromatic nitrogens is 2. The van der Waals surface area contributed by atoms with Gasteiger partial charge in [-0.2, -0.15) is 5.26 Å². The van der Waals surface area contributed by atoms with Crippen LogP contribution < -0.4 is 5.32 Å². The number of carbonyl (C=O) groups is 1. The minimum absolute atomic E-state index is 0.300. The maximum atomic E-state index is 12.2. The molecule has 0 radical (unpaired) electrons. The Morgan fingerprint density at radius 3 is 2.90 bits per heavy atom. The van der Waals surface area contributed by atoms with Crippen LogP contribution in [0.3, 0.4) is 0 Å². The van der Waals surface area contributed by atoms with Gasteiger partial charge in [-0.15, -0.1) is 0 Å². The van der Waals surface area contributed by atoms with Gasteiger partial charge >= 0.3 is 0 Å². The second-order valence-electron chi connectivity index (χ2n) is 4.24. The van der Waals surface area contributed by atoms with Gasteiger partial charge in [0.15, 0.2) is 0 Å². The van der Waals surface area contributed by atoms with Crippen LogP contribution in [0.15, 0.2) is 48.7 Å². The number of benzene rings is 1. The second kappa shape index (κ2) is 4.86. The van der Waals surface area contributed by atoms with Crippen LogP contribution in [-0.4, -0.2) is 15.9 Å². The predicted octanol–water partition coefficient (Wildman–Crippen LogP) is 2.69. The van der Waals surface area contributed by atoms with Gasteiger partial charge in [0.25, 0.3) is 5.91 Å². The number of carbonyl (C=O) groups excluding carboxylic acids is 1. The Balaban J connectivity index is 1.91. The Morgan fingerprint density at radius 1 is 1.25 bits per heavy atom. The highest BCUT2D eigenvalue weighted by molar-refractivity contribution is 6.06. The minimum Gasteiger partial charge on any atom is -0.335 e. The highest BCUT2D eigenvalue weighted by atomic mass is 16.1. The Labute approximate surface area is 114 Å². The summed E-state index contributed by atoms with van der Waals surface area (Å²) >= 11 is 0. The Hall–Kier alpha value is -3.13. The summed E-state index contributed by atoms with van der Waals surface area (Å²) in [6.07, 6.45) is 1.66. The number of nitrogens with one attached hydrogen (secondary N) is 2. The van der Waals surface area contributed by atoms with Crippen molar-refractivity contribution in [3.8, 4) is 6.07 Å². The standard InChI is InChI=1S/C15H10N4O/c16-9-11-4-1-2-6-12(11)19-15(20)13-8-10-5-3-7-17-14(10)18-13/h1-8H,(H,17,18)(H,19,20). The third kappa shape index (κ3) is 2.10. The van der Waals surface area contributed by atoms with Crippen LogP contribution in [0.25, 0.3) is 11.0 Å². The number of rotatable bonds is 2. The third-order valence-corrected chi connectivity index (χ3v) is 2.93. The first-order valence-corrected chi connectivity index (χ1v) is 6.02. The molecule has 0 atom stereocenters. The zero-order valence-corrected chi connectivity index (χ0v) is 10.4. The van der Waals surface area contributed by atoms with E-state index in [1.807, 2.05) is 18.2 Å². The van der Waals surface area contributed by atoms with Crippen LogP contribution >= 0.6 is 0 Å². The molecule has 20 heavy (non-hydrogen) atoms. The van der Waals surface area contributed by atoms with Gasteiger partial charge in [-0.1, -0.05) is 12.1 Å². The Morgan fingerprint density at radius 2 is 2.10 bits per heavy atom. The van der Waals surface area contributed by atoms with Crippen molar-refractivity contribution in [2.45, 2.75) is 0 Å². The summed E-state index contributed by atoms with van der Waals surface area (Å²) in [5, 5.41) is 12.6. The molecule has 0 unspecified atom stereocenters. The topological polar surface area (TPSA) is 81.6 Å². The number of anilines is 1. The molecule has 3 rings (SSSR count). The van der Waals surface area contributed by atoms with Crippen molar-refractivity contribution in [3.05, 3.63) is 59.9 Å². The molecule has 0 aliphatic heterocycles. The highest BCUT2D eigenvalue weighted by Gasteiger charge is 2.11. The first-order chi connectivity index (χ1) is 9.78. The Bertz CT molecular complexity index is 796. The molecule has 5 nitrogen and oxygen atoms in total. The molecule has 5 heteroatoms. The van der Waals surface area contributed by atoms with E-state index in [1.165, 1.54) is 0 Å². The van der Waals surface area contributed by atoms with E-state index in [4.69, 9.17) is 5.26 Å². The summed E-state index contributed by atoms with van der Waals surface area (Å²) in [5.74, 6) is -0.300. The van der Waals surface area contributed by atoms with Gasteiger partial charge in [0.05, 0.1) is 11.3 Å². The normalized spacial score (nSPS) is 10.2. The molecule has 0 spiro atoms. The van der Waals surface area contributed by atoms with Gasteiger partial charge in [0.1, 0.15) is 17.4 Å². The van der Waals surface area contributed by atoms with Crippen molar-refractivity contribution in [1.29, 1.82) is 5.26 Å². The van der Waals surface area contributed by atoms with Gasteiger partial charge in [-0.05, 0) is 30.3 Å². The lowest BCUT2D eigenvalue weighted by molar-refractivity contribution is 0.102. The molecule has 2 aromatic heterocycles. The van der Waals surface area contributed by atoms with E-state index in [0.29, 0.717) is 22.6 Å². The number of nitriles is 1. The number of para-hydroxylation sites is 1. The zero-order chi connectivity index (χ0) is 13.9. The summed E-state index contributed by atoms with van der Waals surface area (Å²) in [4.78, 5) is 19.3. The highest BCUT2D eigenvalue weighted by Crippen LogP contribution is 2.17. The molecule has 2 heterocycles. The fourth-order valence-electron chi connectivity index (χ4n) is 1.96. The van der Waals surface area contributed by atoms with Gasteiger partial charge < -0.3 is 10.3 Å². The van der Waals surface area contributed by atoms with Crippen molar-refractivity contribution in [3.63, 3.8) is 0 Å². The molecule has 96 valence electrons. The molecule has 2 N–H and O–H groups in total. The summed E-state index contributed by atoms with van der Waals surface area (Å²) in [6, 6.07) is 14.3. The van der Waals surface area contributed by atoms with Crippen molar-refractivity contribution in [1.82, 2.24) is 9.97 Å². The Kier molecular flexibility index (Phi) is 2.90. The lowest BCUT2D eigenvalue weighted by atomic mass is 10.2. The fraction of sp³-hybridized carbons (Fsp3) is 0. The molecule has 0 saturated heterocycles. The maximum Gasteiger partial charge on any atom is 0.272 e. The monoisotopic (exact) mass is 262 g/mol. The molecule has 3 aromatic rings. The van der Waals surface area contributed by atoms with Crippen LogP contribution in [0.5, 0.6) is 0 Å². The minimum atomic E-state index is -0.300. The zero-order valence-electron chi connectivity index (χ0n) is 10.4. The van der Waals surface area contributed by atoms with Crippen LogP contribution in [0.1, 0.15) is 16.1 Å². The number of hydrogen-bond donors (Lipinski definition) is 2. The van der Waals surface area contributed by atoms with E-state index in [9.17, 15) is 4.79 Å². The lowest BCUT2D eigenvalue weighted by Crippen LogP contribution is -2.13. The summed E-state index contributed by atoms with van der Waals surface area (Å²) in [7, 11) is 0. The molecule has 1 aromatic carbocycles. The number of H-pyrrole nitrogens is 1. The van der Waals surface area contributed by atoms with Crippen LogP contribution in [0.4, 0.5) is 5.69 Å². The van der Waals surface area contributed by atoms with E-state index in [0.717, 1.165) is 5.39 Å². The molecular formula is C15H10N4O. The van der Waals surface area contributed by atoms with E-state index in [-0.39, 0.29) is 5.91 Å². The number of nitrogens with zero attached hydrogens (tertiary/aromatic N) is 2. The average Bonchev–Trinajstić information content (AvgIpc) is 2.92. The summed E-state index contributed by atoms with van der Waals surface area (Å²) < 4.78 is 0. The van der Waals surface area contributed by atoms with E-state index < -0.39 is 0 Å². The second-order valence-corrected chi connectivity index (χ2v) is 4.24. The van der Waals surface area contributed by atoms with Crippen molar-refractivity contribution >= 4 is 22.6 Å². The molecule has 0 bridgehead atoms. The molecule has 1 amide bonds. The van der Waals surface area contributed by atoms with E-state index in [2.05, 4.69) is 15.3 Å². The first-order valence-electron chi connectivity index (χ1n) is 6.02. The van der Waals surface area contributed by atoms with Crippen molar-refractivity contribution in [2.24, 2.45) is 0 Å². The fourth-order valence-corrected chi connectivity index (χ4v) is 1.96. The number of fused-ring (bicyclic) bond motifs is 1. The number of hydrogen-bond acceptors (Lipinski definition) is 3.